The lowest BCUT2D eigenvalue weighted by molar-refractivity contribution is -0.112. The summed E-state index contributed by atoms with van der Waals surface area (Å²) in [5.41, 5.74) is 1.24. The van der Waals surface area contributed by atoms with Crippen LogP contribution in [0.4, 0.5) is 11.5 Å². The van der Waals surface area contributed by atoms with E-state index < -0.39 is 5.91 Å². The van der Waals surface area contributed by atoms with Gasteiger partial charge in [0, 0.05) is 23.1 Å². The van der Waals surface area contributed by atoms with E-state index in [1.807, 2.05) is 6.07 Å². The minimum absolute atomic E-state index is 0.0648. The van der Waals surface area contributed by atoms with E-state index in [-0.39, 0.29) is 5.57 Å². The van der Waals surface area contributed by atoms with Crippen molar-refractivity contribution < 1.29 is 4.79 Å². The van der Waals surface area contributed by atoms with E-state index in [4.69, 9.17) is 16.9 Å². The van der Waals surface area contributed by atoms with Crippen LogP contribution in [-0.2, 0) is 4.79 Å². The predicted octanol–water partition coefficient (Wildman–Crippen LogP) is 3.50. The number of amides is 1. The molecule has 0 saturated carbocycles. The van der Waals surface area contributed by atoms with Crippen molar-refractivity contribution in [1.82, 2.24) is 4.98 Å². The van der Waals surface area contributed by atoms with Crippen LogP contribution in [0.5, 0.6) is 0 Å². The zero-order chi connectivity index (χ0) is 15.9. The van der Waals surface area contributed by atoms with Crippen molar-refractivity contribution in [3.05, 3.63) is 65.0 Å². The standard InChI is InChI=1S/C16H13ClN4O/c1-11-13(17)5-4-6-14(11)21-16(22)12(9-18)10-20-15-7-2-3-8-19-15/h2-8,10H,1H3,(H,19,20)(H,21,22)/b12-10-. The number of hydrogen-bond acceptors (Lipinski definition) is 4. The summed E-state index contributed by atoms with van der Waals surface area (Å²) < 4.78 is 0. The molecule has 0 aliphatic rings. The van der Waals surface area contributed by atoms with Gasteiger partial charge in [-0.1, -0.05) is 23.7 Å². The summed E-state index contributed by atoms with van der Waals surface area (Å²) >= 11 is 6.00. The fourth-order valence-electron chi connectivity index (χ4n) is 1.68. The molecule has 22 heavy (non-hydrogen) atoms. The molecule has 0 radical (unpaired) electrons. The highest BCUT2D eigenvalue weighted by Gasteiger charge is 2.11. The minimum atomic E-state index is -0.517. The molecule has 2 rings (SSSR count). The molecule has 1 aromatic carbocycles. The average Bonchev–Trinajstić information content (AvgIpc) is 2.53. The Morgan fingerprint density at radius 2 is 2.14 bits per heavy atom. The Kier molecular flexibility index (Phi) is 5.12. The first-order valence-electron chi connectivity index (χ1n) is 6.46. The molecule has 0 bridgehead atoms. The van der Waals surface area contributed by atoms with Crippen LogP contribution in [0, 0.1) is 18.3 Å². The molecule has 110 valence electrons. The molecule has 2 N–H and O–H groups in total. The maximum absolute atomic E-state index is 12.1. The zero-order valence-corrected chi connectivity index (χ0v) is 12.6. The van der Waals surface area contributed by atoms with Gasteiger partial charge in [0.05, 0.1) is 0 Å². The highest BCUT2D eigenvalue weighted by Crippen LogP contribution is 2.23. The molecule has 2 aromatic rings. The second-order valence-electron chi connectivity index (χ2n) is 4.40. The summed E-state index contributed by atoms with van der Waals surface area (Å²) in [6.07, 6.45) is 2.93. The second-order valence-corrected chi connectivity index (χ2v) is 4.80. The number of pyridine rings is 1. The topological polar surface area (TPSA) is 77.8 Å². The van der Waals surface area contributed by atoms with E-state index >= 15 is 0 Å². The van der Waals surface area contributed by atoms with Gasteiger partial charge in [-0.25, -0.2) is 4.98 Å². The van der Waals surface area contributed by atoms with Gasteiger partial charge in [0.15, 0.2) is 0 Å². The number of nitrogens with zero attached hydrogens (tertiary/aromatic N) is 2. The van der Waals surface area contributed by atoms with E-state index in [0.29, 0.717) is 16.5 Å². The third-order valence-electron chi connectivity index (χ3n) is 2.91. The fraction of sp³-hybridized carbons (Fsp3) is 0.0625. The van der Waals surface area contributed by atoms with Crippen molar-refractivity contribution in [1.29, 1.82) is 5.26 Å². The van der Waals surface area contributed by atoms with Crippen LogP contribution in [0.3, 0.4) is 0 Å². The molecule has 1 aromatic heterocycles. The van der Waals surface area contributed by atoms with Crippen LogP contribution in [0.15, 0.2) is 54.4 Å². The number of rotatable bonds is 4. The monoisotopic (exact) mass is 312 g/mol. The van der Waals surface area contributed by atoms with E-state index in [9.17, 15) is 4.79 Å². The maximum atomic E-state index is 12.1. The van der Waals surface area contributed by atoms with Gasteiger partial charge in [-0.15, -0.1) is 0 Å². The van der Waals surface area contributed by atoms with Gasteiger partial charge in [-0.05, 0) is 36.8 Å². The molecule has 0 aliphatic carbocycles. The molecule has 0 spiro atoms. The van der Waals surface area contributed by atoms with Gasteiger partial charge >= 0.3 is 0 Å². The molecular formula is C16H13ClN4O. The molecule has 0 saturated heterocycles. The van der Waals surface area contributed by atoms with Crippen LogP contribution in [-0.4, -0.2) is 10.9 Å². The molecule has 0 aliphatic heterocycles. The van der Waals surface area contributed by atoms with Crippen LogP contribution < -0.4 is 10.6 Å². The van der Waals surface area contributed by atoms with E-state index in [1.54, 1.807) is 49.5 Å². The lowest BCUT2D eigenvalue weighted by atomic mass is 10.2. The zero-order valence-electron chi connectivity index (χ0n) is 11.8. The Hall–Kier alpha value is -2.84. The first kappa shape index (κ1) is 15.5. The van der Waals surface area contributed by atoms with Crippen LogP contribution in [0.1, 0.15) is 5.56 Å². The van der Waals surface area contributed by atoms with Crippen LogP contribution in [0.25, 0.3) is 0 Å². The van der Waals surface area contributed by atoms with Gasteiger partial charge in [0.1, 0.15) is 17.5 Å². The smallest absolute Gasteiger partial charge is 0.267 e. The highest BCUT2D eigenvalue weighted by atomic mass is 35.5. The normalized spacial score (nSPS) is 10.7. The summed E-state index contributed by atoms with van der Waals surface area (Å²) in [5.74, 6) is 0.0262. The van der Waals surface area contributed by atoms with E-state index in [0.717, 1.165) is 5.56 Å². The summed E-state index contributed by atoms with van der Waals surface area (Å²) in [7, 11) is 0. The van der Waals surface area contributed by atoms with Crippen molar-refractivity contribution in [3.8, 4) is 6.07 Å². The van der Waals surface area contributed by atoms with Gasteiger partial charge in [-0.3, -0.25) is 4.79 Å². The largest absolute Gasteiger partial charge is 0.345 e. The average molecular weight is 313 g/mol. The lowest BCUT2D eigenvalue weighted by Crippen LogP contribution is -2.15. The van der Waals surface area contributed by atoms with Gasteiger partial charge in [0.25, 0.3) is 5.91 Å². The minimum Gasteiger partial charge on any atom is -0.345 e. The van der Waals surface area contributed by atoms with Gasteiger partial charge in [0.2, 0.25) is 0 Å². The van der Waals surface area contributed by atoms with Crippen molar-refractivity contribution >= 4 is 29.0 Å². The number of nitrogens with one attached hydrogen (secondary N) is 2. The highest BCUT2D eigenvalue weighted by molar-refractivity contribution is 6.31. The molecule has 0 atom stereocenters. The first-order valence-corrected chi connectivity index (χ1v) is 6.84. The molecule has 6 heteroatoms. The molecule has 0 unspecified atom stereocenters. The van der Waals surface area contributed by atoms with Crippen molar-refractivity contribution in [2.24, 2.45) is 0 Å². The third-order valence-corrected chi connectivity index (χ3v) is 3.32. The van der Waals surface area contributed by atoms with Crippen LogP contribution in [0.2, 0.25) is 5.02 Å². The fourth-order valence-corrected chi connectivity index (χ4v) is 1.85. The summed E-state index contributed by atoms with van der Waals surface area (Å²) in [4.78, 5) is 16.2. The number of benzene rings is 1. The SMILES string of the molecule is Cc1c(Cl)cccc1NC(=O)/C(C#N)=C\Nc1ccccn1. The molecule has 5 nitrogen and oxygen atoms in total. The quantitative estimate of drug-likeness (QED) is 0.669. The second kappa shape index (κ2) is 7.25. The predicted molar refractivity (Wildman–Crippen MR) is 86.4 cm³/mol. The summed E-state index contributed by atoms with van der Waals surface area (Å²) in [6, 6.07) is 12.3. The van der Waals surface area contributed by atoms with E-state index in [1.165, 1.54) is 6.20 Å². The third kappa shape index (κ3) is 3.84. The summed E-state index contributed by atoms with van der Waals surface area (Å²) in [6.45, 7) is 1.79. The Morgan fingerprint density at radius 3 is 2.82 bits per heavy atom. The van der Waals surface area contributed by atoms with Gasteiger partial charge in [-0.2, -0.15) is 5.26 Å². The Bertz CT molecular complexity index is 750. The Labute approximate surface area is 133 Å². The summed E-state index contributed by atoms with van der Waals surface area (Å²) in [5, 5.41) is 15.1. The number of carbonyl (C=O) groups is 1. The Balaban J connectivity index is 2.12. The number of hydrogen-bond donors (Lipinski definition) is 2. The molecule has 1 heterocycles. The number of carbonyl (C=O) groups excluding carboxylic acids is 1. The van der Waals surface area contributed by atoms with Crippen molar-refractivity contribution in [2.75, 3.05) is 10.6 Å². The molecule has 0 fully saturated rings. The van der Waals surface area contributed by atoms with Gasteiger partial charge < -0.3 is 10.6 Å². The number of anilines is 2. The maximum Gasteiger partial charge on any atom is 0.267 e. The first-order chi connectivity index (χ1) is 10.6. The Morgan fingerprint density at radius 1 is 1.32 bits per heavy atom. The number of nitriles is 1. The molecule has 1 amide bonds. The van der Waals surface area contributed by atoms with Crippen molar-refractivity contribution in [2.45, 2.75) is 6.92 Å². The van der Waals surface area contributed by atoms with Crippen LogP contribution >= 0.6 is 11.6 Å². The number of halogens is 1. The van der Waals surface area contributed by atoms with Crippen molar-refractivity contribution in [3.63, 3.8) is 0 Å². The van der Waals surface area contributed by atoms with E-state index in [2.05, 4.69) is 15.6 Å². The lowest BCUT2D eigenvalue weighted by Gasteiger charge is -2.09. The molecular weight excluding hydrogens is 300 g/mol. The number of aromatic nitrogens is 1.